The SMILES string of the molecule is COc1ccc(C(N)c2noc(C(C)(C)C)n2)cc1C. The predicted octanol–water partition coefficient (Wildman–Crippen LogP) is 2.73. The number of methoxy groups -OCH3 is 1. The first-order valence-electron chi connectivity index (χ1n) is 6.57. The molecule has 1 unspecified atom stereocenters. The Bertz CT molecular complexity index is 599. The molecule has 0 saturated carbocycles. The average molecular weight is 275 g/mol. The van der Waals surface area contributed by atoms with Gasteiger partial charge in [-0.3, -0.25) is 0 Å². The molecule has 1 atom stereocenters. The predicted molar refractivity (Wildman–Crippen MR) is 76.8 cm³/mol. The van der Waals surface area contributed by atoms with Gasteiger partial charge in [-0.1, -0.05) is 38.1 Å². The molecular weight excluding hydrogens is 254 g/mol. The Morgan fingerprint density at radius 3 is 2.50 bits per heavy atom. The Kier molecular flexibility index (Phi) is 3.81. The standard InChI is InChI=1S/C15H21N3O2/c1-9-8-10(6-7-11(9)19-5)12(16)13-17-14(20-18-13)15(2,3)4/h6-8,12H,16H2,1-5H3. The monoisotopic (exact) mass is 275 g/mol. The zero-order chi connectivity index (χ0) is 14.9. The maximum atomic E-state index is 6.21. The number of ether oxygens (including phenoxy) is 1. The summed E-state index contributed by atoms with van der Waals surface area (Å²) in [6, 6.07) is 5.40. The molecule has 0 fully saturated rings. The summed E-state index contributed by atoms with van der Waals surface area (Å²) in [6.07, 6.45) is 0. The molecule has 1 aromatic heterocycles. The molecule has 108 valence electrons. The van der Waals surface area contributed by atoms with Crippen molar-refractivity contribution in [3.63, 3.8) is 0 Å². The largest absolute Gasteiger partial charge is 0.496 e. The fraction of sp³-hybridized carbons (Fsp3) is 0.467. The van der Waals surface area contributed by atoms with Crippen LogP contribution >= 0.6 is 0 Å². The van der Waals surface area contributed by atoms with Gasteiger partial charge in [0.15, 0.2) is 5.82 Å². The molecule has 2 aromatic rings. The fourth-order valence-corrected chi connectivity index (χ4v) is 1.91. The van der Waals surface area contributed by atoms with Gasteiger partial charge in [0.25, 0.3) is 0 Å². The second-order valence-electron chi connectivity index (χ2n) is 5.91. The molecule has 5 nitrogen and oxygen atoms in total. The lowest BCUT2D eigenvalue weighted by molar-refractivity contribution is 0.317. The molecule has 0 amide bonds. The van der Waals surface area contributed by atoms with Crippen LogP contribution in [-0.4, -0.2) is 17.3 Å². The molecule has 20 heavy (non-hydrogen) atoms. The number of benzene rings is 1. The molecule has 0 aliphatic rings. The van der Waals surface area contributed by atoms with Gasteiger partial charge in [0.1, 0.15) is 5.75 Å². The summed E-state index contributed by atoms with van der Waals surface area (Å²) >= 11 is 0. The molecule has 0 aliphatic heterocycles. The molecule has 2 rings (SSSR count). The highest BCUT2D eigenvalue weighted by Crippen LogP contribution is 2.26. The molecule has 2 N–H and O–H groups in total. The van der Waals surface area contributed by atoms with E-state index in [1.807, 2.05) is 45.9 Å². The van der Waals surface area contributed by atoms with Crippen LogP contribution < -0.4 is 10.5 Å². The molecule has 1 heterocycles. The average Bonchev–Trinajstić information content (AvgIpc) is 2.87. The Balaban J connectivity index is 2.29. The van der Waals surface area contributed by atoms with Crippen molar-refractivity contribution in [2.45, 2.75) is 39.2 Å². The van der Waals surface area contributed by atoms with E-state index in [-0.39, 0.29) is 5.41 Å². The molecule has 1 aromatic carbocycles. The van der Waals surface area contributed by atoms with Crippen molar-refractivity contribution >= 4 is 0 Å². The summed E-state index contributed by atoms with van der Waals surface area (Å²) < 4.78 is 10.5. The lowest BCUT2D eigenvalue weighted by Gasteiger charge is -2.12. The van der Waals surface area contributed by atoms with Crippen molar-refractivity contribution in [1.29, 1.82) is 0 Å². The van der Waals surface area contributed by atoms with Crippen molar-refractivity contribution in [2.75, 3.05) is 7.11 Å². The minimum Gasteiger partial charge on any atom is -0.496 e. The van der Waals surface area contributed by atoms with Crippen LogP contribution in [0.1, 0.15) is 49.7 Å². The Morgan fingerprint density at radius 2 is 2.00 bits per heavy atom. The summed E-state index contributed by atoms with van der Waals surface area (Å²) in [5, 5.41) is 3.99. The van der Waals surface area contributed by atoms with Gasteiger partial charge in [-0.15, -0.1) is 0 Å². The maximum absolute atomic E-state index is 6.21. The van der Waals surface area contributed by atoms with Crippen LogP contribution in [0.5, 0.6) is 5.75 Å². The highest BCUT2D eigenvalue weighted by molar-refractivity contribution is 5.38. The van der Waals surface area contributed by atoms with Crippen LogP contribution in [0.15, 0.2) is 22.7 Å². The van der Waals surface area contributed by atoms with Crippen molar-refractivity contribution in [1.82, 2.24) is 10.1 Å². The third-order valence-corrected chi connectivity index (χ3v) is 3.14. The van der Waals surface area contributed by atoms with Gasteiger partial charge in [-0.05, 0) is 24.1 Å². The van der Waals surface area contributed by atoms with E-state index < -0.39 is 6.04 Å². The molecule has 0 radical (unpaired) electrons. The quantitative estimate of drug-likeness (QED) is 0.932. The summed E-state index contributed by atoms with van der Waals surface area (Å²) in [4.78, 5) is 4.40. The second kappa shape index (κ2) is 5.25. The van der Waals surface area contributed by atoms with Crippen LogP contribution in [0.3, 0.4) is 0 Å². The first kappa shape index (κ1) is 14.5. The van der Waals surface area contributed by atoms with Crippen molar-refractivity contribution < 1.29 is 9.26 Å². The van der Waals surface area contributed by atoms with Crippen LogP contribution in [-0.2, 0) is 5.41 Å². The zero-order valence-electron chi connectivity index (χ0n) is 12.6. The number of nitrogens with two attached hydrogens (primary N) is 1. The van der Waals surface area contributed by atoms with E-state index in [9.17, 15) is 0 Å². The van der Waals surface area contributed by atoms with E-state index in [2.05, 4.69) is 10.1 Å². The molecule has 0 saturated heterocycles. The lowest BCUT2D eigenvalue weighted by Crippen LogP contribution is -2.15. The third kappa shape index (κ3) is 2.82. The van der Waals surface area contributed by atoms with E-state index in [0.29, 0.717) is 11.7 Å². The number of nitrogens with zero attached hydrogens (tertiary/aromatic N) is 2. The number of aryl methyl sites for hydroxylation is 1. The number of hydrogen-bond donors (Lipinski definition) is 1. The summed E-state index contributed by atoms with van der Waals surface area (Å²) in [5.41, 5.74) is 7.99. The Labute approximate surface area is 119 Å². The van der Waals surface area contributed by atoms with Gasteiger partial charge in [-0.2, -0.15) is 4.98 Å². The Morgan fingerprint density at radius 1 is 1.30 bits per heavy atom. The highest BCUT2D eigenvalue weighted by atomic mass is 16.5. The van der Waals surface area contributed by atoms with Gasteiger partial charge in [-0.25, -0.2) is 0 Å². The number of hydrogen-bond acceptors (Lipinski definition) is 5. The van der Waals surface area contributed by atoms with E-state index in [1.165, 1.54) is 0 Å². The van der Waals surface area contributed by atoms with Gasteiger partial charge in [0.2, 0.25) is 5.89 Å². The maximum Gasteiger partial charge on any atom is 0.232 e. The minimum atomic E-state index is -0.403. The minimum absolute atomic E-state index is 0.180. The molecule has 5 heteroatoms. The normalized spacial score (nSPS) is 13.3. The van der Waals surface area contributed by atoms with E-state index in [1.54, 1.807) is 7.11 Å². The first-order chi connectivity index (χ1) is 9.32. The topological polar surface area (TPSA) is 74.2 Å². The lowest BCUT2D eigenvalue weighted by atomic mass is 9.97. The van der Waals surface area contributed by atoms with E-state index in [4.69, 9.17) is 15.0 Å². The number of rotatable bonds is 3. The molecule has 0 spiro atoms. The van der Waals surface area contributed by atoms with Crippen molar-refractivity contribution in [3.8, 4) is 5.75 Å². The van der Waals surface area contributed by atoms with Gasteiger partial charge < -0.3 is 15.0 Å². The Hall–Kier alpha value is -1.88. The molecular formula is C15H21N3O2. The van der Waals surface area contributed by atoms with Crippen LogP contribution in [0.25, 0.3) is 0 Å². The fourth-order valence-electron chi connectivity index (χ4n) is 1.91. The van der Waals surface area contributed by atoms with E-state index >= 15 is 0 Å². The van der Waals surface area contributed by atoms with Crippen molar-refractivity contribution in [3.05, 3.63) is 41.0 Å². The van der Waals surface area contributed by atoms with Crippen LogP contribution in [0.4, 0.5) is 0 Å². The summed E-state index contributed by atoms with van der Waals surface area (Å²) in [7, 11) is 1.65. The zero-order valence-corrected chi connectivity index (χ0v) is 12.6. The van der Waals surface area contributed by atoms with Gasteiger partial charge in [0, 0.05) is 5.41 Å². The molecule has 0 bridgehead atoms. The highest BCUT2D eigenvalue weighted by Gasteiger charge is 2.24. The smallest absolute Gasteiger partial charge is 0.232 e. The van der Waals surface area contributed by atoms with Crippen LogP contribution in [0, 0.1) is 6.92 Å². The second-order valence-corrected chi connectivity index (χ2v) is 5.91. The number of aromatic nitrogens is 2. The van der Waals surface area contributed by atoms with Crippen molar-refractivity contribution in [2.24, 2.45) is 5.73 Å². The van der Waals surface area contributed by atoms with Crippen LogP contribution in [0.2, 0.25) is 0 Å². The van der Waals surface area contributed by atoms with E-state index in [0.717, 1.165) is 16.9 Å². The summed E-state index contributed by atoms with van der Waals surface area (Å²) in [5.74, 6) is 1.93. The van der Waals surface area contributed by atoms with Gasteiger partial charge >= 0.3 is 0 Å². The van der Waals surface area contributed by atoms with Gasteiger partial charge in [0.05, 0.1) is 13.2 Å². The first-order valence-corrected chi connectivity index (χ1v) is 6.57. The third-order valence-electron chi connectivity index (χ3n) is 3.14. The summed E-state index contributed by atoms with van der Waals surface area (Å²) in [6.45, 7) is 8.04. The molecule has 0 aliphatic carbocycles.